The Morgan fingerprint density at radius 1 is 1.39 bits per heavy atom. The molecule has 1 amide bonds. The summed E-state index contributed by atoms with van der Waals surface area (Å²) >= 11 is 0. The molecular weight excluding hydrogens is 234 g/mol. The van der Waals surface area contributed by atoms with E-state index in [2.05, 4.69) is 20.8 Å². The summed E-state index contributed by atoms with van der Waals surface area (Å²) in [5.41, 5.74) is 0.00667. The topological polar surface area (TPSA) is 77.8 Å². The Morgan fingerprint density at radius 3 is 2.39 bits per heavy atom. The van der Waals surface area contributed by atoms with E-state index >= 15 is 0 Å². The van der Waals surface area contributed by atoms with Crippen molar-refractivity contribution >= 4 is 11.9 Å². The van der Waals surface area contributed by atoms with Crippen LogP contribution in [0.25, 0.3) is 0 Å². The maximum absolute atomic E-state index is 12.1. The fourth-order valence-corrected chi connectivity index (χ4v) is 2.01. The highest BCUT2D eigenvalue weighted by Crippen LogP contribution is 2.30. The first-order valence-corrected chi connectivity index (χ1v) is 6.33. The zero-order valence-electron chi connectivity index (χ0n) is 11.5. The SMILES string of the molecule is CC(CC(=O)N1C[C@@H](O)C[C@H]1C(=O)O)C(C)(C)C. The van der Waals surface area contributed by atoms with Gasteiger partial charge in [-0.05, 0) is 11.3 Å². The summed E-state index contributed by atoms with van der Waals surface area (Å²) in [4.78, 5) is 24.5. The van der Waals surface area contributed by atoms with Crippen LogP contribution in [-0.2, 0) is 9.59 Å². The number of aliphatic carboxylic acids is 1. The first kappa shape index (κ1) is 15.0. The van der Waals surface area contributed by atoms with Crippen LogP contribution in [0.15, 0.2) is 0 Å². The van der Waals surface area contributed by atoms with E-state index in [1.54, 1.807) is 0 Å². The third-order valence-corrected chi connectivity index (χ3v) is 3.84. The van der Waals surface area contributed by atoms with Gasteiger partial charge in [0.05, 0.1) is 6.10 Å². The lowest BCUT2D eigenvalue weighted by Gasteiger charge is -2.29. The lowest BCUT2D eigenvalue weighted by Crippen LogP contribution is -2.41. The van der Waals surface area contributed by atoms with E-state index in [-0.39, 0.29) is 30.2 Å². The molecule has 0 aliphatic carbocycles. The van der Waals surface area contributed by atoms with E-state index in [1.807, 2.05) is 6.92 Å². The van der Waals surface area contributed by atoms with Crippen LogP contribution in [0, 0.1) is 11.3 Å². The zero-order valence-corrected chi connectivity index (χ0v) is 11.5. The number of hydrogen-bond acceptors (Lipinski definition) is 3. The van der Waals surface area contributed by atoms with Gasteiger partial charge in [-0.2, -0.15) is 0 Å². The zero-order chi connectivity index (χ0) is 14.1. The fourth-order valence-electron chi connectivity index (χ4n) is 2.01. The molecule has 5 heteroatoms. The Morgan fingerprint density at radius 2 is 1.94 bits per heavy atom. The van der Waals surface area contributed by atoms with Gasteiger partial charge in [-0.3, -0.25) is 4.79 Å². The van der Waals surface area contributed by atoms with Gasteiger partial charge in [-0.15, -0.1) is 0 Å². The Labute approximate surface area is 108 Å². The van der Waals surface area contributed by atoms with Crippen molar-refractivity contribution in [2.75, 3.05) is 6.54 Å². The van der Waals surface area contributed by atoms with Crippen molar-refractivity contribution in [2.24, 2.45) is 11.3 Å². The van der Waals surface area contributed by atoms with Gasteiger partial charge in [0.25, 0.3) is 0 Å². The quantitative estimate of drug-likeness (QED) is 0.793. The molecule has 1 aliphatic rings. The second-order valence-electron chi connectivity index (χ2n) is 6.26. The van der Waals surface area contributed by atoms with Crippen LogP contribution in [0.3, 0.4) is 0 Å². The molecule has 1 heterocycles. The number of likely N-dealkylation sites (tertiary alicyclic amines) is 1. The third-order valence-electron chi connectivity index (χ3n) is 3.84. The molecular formula is C13H23NO4. The number of hydrogen-bond donors (Lipinski definition) is 2. The number of β-amino-alcohol motifs (C(OH)–C–C–N with tert-alkyl or cyclic N) is 1. The lowest BCUT2D eigenvalue weighted by atomic mass is 9.80. The van der Waals surface area contributed by atoms with Crippen molar-refractivity contribution in [3.8, 4) is 0 Å². The van der Waals surface area contributed by atoms with E-state index in [0.717, 1.165) is 0 Å². The number of aliphatic hydroxyl groups excluding tert-OH is 1. The second kappa shape index (κ2) is 5.26. The maximum Gasteiger partial charge on any atom is 0.326 e. The normalized spacial score (nSPS) is 26.2. The number of nitrogens with zero attached hydrogens (tertiary/aromatic N) is 1. The number of carboxylic acids is 1. The summed E-state index contributed by atoms with van der Waals surface area (Å²) in [7, 11) is 0. The summed E-state index contributed by atoms with van der Waals surface area (Å²) in [6.45, 7) is 8.28. The number of aliphatic hydroxyl groups is 1. The molecule has 104 valence electrons. The van der Waals surface area contributed by atoms with Gasteiger partial charge in [0.1, 0.15) is 6.04 Å². The van der Waals surface area contributed by atoms with E-state index < -0.39 is 18.1 Å². The second-order valence-corrected chi connectivity index (χ2v) is 6.26. The number of carbonyl (C=O) groups excluding carboxylic acids is 1. The molecule has 0 aromatic rings. The fraction of sp³-hybridized carbons (Fsp3) is 0.846. The largest absolute Gasteiger partial charge is 0.480 e. The van der Waals surface area contributed by atoms with Crippen LogP contribution in [0.5, 0.6) is 0 Å². The van der Waals surface area contributed by atoms with Gasteiger partial charge in [0.15, 0.2) is 0 Å². The minimum absolute atomic E-state index is 0.00667. The monoisotopic (exact) mass is 257 g/mol. The number of carbonyl (C=O) groups is 2. The predicted octanol–water partition coefficient (Wildman–Crippen LogP) is 1.11. The smallest absolute Gasteiger partial charge is 0.326 e. The minimum Gasteiger partial charge on any atom is -0.480 e. The molecule has 2 N–H and O–H groups in total. The lowest BCUT2D eigenvalue weighted by molar-refractivity contribution is -0.148. The van der Waals surface area contributed by atoms with Crippen LogP contribution in [0.1, 0.15) is 40.5 Å². The van der Waals surface area contributed by atoms with Gasteiger partial charge < -0.3 is 15.1 Å². The standard InChI is InChI=1S/C13H23NO4/c1-8(13(2,3)4)5-11(16)14-7-9(15)6-10(14)12(17)18/h8-10,15H,5-7H2,1-4H3,(H,17,18)/t8?,9-,10-/m0/s1. The van der Waals surface area contributed by atoms with Gasteiger partial charge in [0, 0.05) is 19.4 Å². The van der Waals surface area contributed by atoms with Crippen LogP contribution in [-0.4, -0.2) is 45.7 Å². The molecule has 1 fully saturated rings. The Balaban J connectivity index is 2.69. The summed E-state index contributed by atoms with van der Waals surface area (Å²) in [6.07, 6.45) is -0.273. The molecule has 0 bridgehead atoms. The molecule has 18 heavy (non-hydrogen) atoms. The Hall–Kier alpha value is -1.10. The van der Waals surface area contributed by atoms with E-state index in [4.69, 9.17) is 5.11 Å². The Kier molecular flexibility index (Phi) is 4.37. The molecule has 0 radical (unpaired) electrons. The molecule has 3 atom stereocenters. The van der Waals surface area contributed by atoms with Crippen molar-refractivity contribution in [1.82, 2.24) is 4.90 Å². The average molecular weight is 257 g/mol. The first-order chi connectivity index (χ1) is 8.12. The average Bonchev–Trinajstić information content (AvgIpc) is 2.58. The Bertz CT molecular complexity index is 334. The molecule has 1 unspecified atom stereocenters. The molecule has 0 spiro atoms. The van der Waals surface area contributed by atoms with E-state index in [0.29, 0.717) is 6.42 Å². The first-order valence-electron chi connectivity index (χ1n) is 6.33. The molecule has 0 saturated carbocycles. The highest BCUT2D eigenvalue weighted by molar-refractivity contribution is 5.84. The molecule has 0 aromatic carbocycles. The maximum atomic E-state index is 12.1. The third kappa shape index (κ3) is 3.45. The highest BCUT2D eigenvalue weighted by atomic mass is 16.4. The van der Waals surface area contributed by atoms with Gasteiger partial charge >= 0.3 is 5.97 Å². The highest BCUT2D eigenvalue weighted by Gasteiger charge is 2.39. The van der Waals surface area contributed by atoms with Crippen molar-refractivity contribution in [3.63, 3.8) is 0 Å². The molecule has 1 aliphatic heterocycles. The van der Waals surface area contributed by atoms with E-state index in [9.17, 15) is 14.7 Å². The van der Waals surface area contributed by atoms with Gasteiger partial charge in [-0.25, -0.2) is 4.79 Å². The van der Waals surface area contributed by atoms with Crippen molar-refractivity contribution in [3.05, 3.63) is 0 Å². The predicted molar refractivity (Wildman–Crippen MR) is 67.0 cm³/mol. The van der Waals surface area contributed by atoms with Crippen LogP contribution in [0.4, 0.5) is 0 Å². The van der Waals surface area contributed by atoms with E-state index in [1.165, 1.54) is 4.90 Å². The van der Waals surface area contributed by atoms with Crippen LogP contribution < -0.4 is 0 Å². The molecule has 5 nitrogen and oxygen atoms in total. The molecule has 1 rings (SSSR count). The van der Waals surface area contributed by atoms with Crippen LogP contribution >= 0.6 is 0 Å². The van der Waals surface area contributed by atoms with Gasteiger partial charge in [-0.1, -0.05) is 27.7 Å². The number of carboxylic acid groups (broad SMARTS) is 1. The summed E-state index contributed by atoms with van der Waals surface area (Å²) < 4.78 is 0. The van der Waals surface area contributed by atoms with Crippen molar-refractivity contribution in [2.45, 2.75) is 52.7 Å². The number of amides is 1. The number of rotatable bonds is 3. The van der Waals surface area contributed by atoms with Crippen molar-refractivity contribution in [1.29, 1.82) is 0 Å². The molecule has 0 aromatic heterocycles. The minimum atomic E-state index is -1.04. The van der Waals surface area contributed by atoms with Crippen molar-refractivity contribution < 1.29 is 19.8 Å². The summed E-state index contributed by atoms with van der Waals surface area (Å²) in [5, 5.41) is 18.5. The summed E-state index contributed by atoms with van der Waals surface area (Å²) in [6, 6.07) is -0.875. The van der Waals surface area contributed by atoms with Crippen LogP contribution in [0.2, 0.25) is 0 Å². The van der Waals surface area contributed by atoms with Gasteiger partial charge in [0.2, 0.25) is 5.91 Å². The summed E-state index contributed by atoms with van der Waals surface area (Å²) in [5.74, 6) is -1.05. The molecule has 1 saturated heterocycles.